The van der Waals surface area contributed by atoms with E-state index in [9.17, 15) is 0 Å². The maximum Gasteiger partial charge on any atom is 1.00 e. The Kier molecular flexibility index (Phi) is 28.3. The van der Waals surface area contributed by atoms with E-state index in [0.29, 0.717) is 0 Å². The third-order valence-corrected chi connectivity index (χ3v) is 0. The molecule has 0 aromatic carbocycles. The van der Waals surface area contributed by atoms with Crippen LogP contribution in [0.4, 0.5) is 4.79 Å². The number of hydrogen-bond donors (Lipinski definition) is 0. The third-order valence-electron chi connectivity index (χ3n) is 0. The first-order valence-electron chi connectivity index (χ1n) is 1.09. The fourth-order valence-corrected chi connectivity index (χ4v) is 0. The van der Waals surface area contributed by atoms with Gasteiger partial charge in [0, 0.05) is 0 Å². The molecule has 0 unspecified atom stereocenters. The van der Waals surface area contributed by atoms with Gasteiger partial charge in [-0.25, -0.2) is 0 Å². The van der Waals surface area contributed by atoms with Gasteiger partial charge in [0.05, 0.1) is 0 Å². The molecular weight excluding hydrogens is 443 g/mol. The number of carbonyl (C=O) groups excluding carboxylic acids is 1. The fourth-order valence-electron chi connectivity index (χ4n) is 0. The first kappa shape index (κ1) is 23.7. The number of rotatable bonds is 0. The maximum atomic E-state index is 8.33. The maximum absolute atomic E-state index is 8.33. The fraction of sp³-hybridized carbons (Fsp3) is 0. The second kappa shape index (κ2) is 13.1. The van der Waals surface area contributed by atoms with E-state index >= 15 is 0 Å². The molecule has 0 saturated carbocycles. The summed E-state index contributed by atoms with van der Waals surface area (Å²) in [6, 6.07) is 0. The van der Waals surface area contributed by atoms with Crippen LogP contribution < -0.4 is 69.3 Å². The molecule has 0 heterocycles. The average Bonchev–Trinajstić information content (AvgIpc) is 1.19. The normalized spacial score (nSPS) is 9.09. The Hall–Kier alpha value is 3.12. The number of hydrogen-bond acceptors (Lipinski definition) is 3. The van der Waals surface area contributed by atoms with Crippen LogP contribution >= 0.6 is 37.7 Å². The van der Waals surface area contributed by atoms with Gasteiger partial charge in [0.25, 0.3) is 0 Å². The van der Waals surface area contributed by atoms with Gasteiger partial charge in [0.2, 0.25) is 0 Å². The van der Waals surface area contributed by atoms with Crippen LogP contribution in [-0.4, -0.2) is 6.16 Å². The van der Waals surface area contributed by atoms with E-state index in [1.807, 2.05) is 0 Å². The molecule has 0 saturated heterocycles. The van der Waals surface area contributed by atoms with Crippen molar-refractivity contribution in [1.29, 1.82) is 0 Å². The van der Waals surface area contributed by atoms with Crippen molar-refractivity contribution >= 4 is 43.8 Å². The van der Waals surface area contributed by atoms with Crippen LogP contribution in [0.5, 0.6) is 0 Å². The monoisotopic (exact) mass is 441 g/mol. The molecule has 0 aliphatic rings. The van der Waals surface area contributed by atoms with E-state index in [1.54, 1.807) is 0 Å². The molecule has 0 aliphatic heterocycles. The average molecular weight is 443 g/mol. The van der Waals surface area contributed by atoms with E-state index in [1.165, 1.54) is 0 Å². The van der Waals surface area contributed by atoms with Gasteiger partial charge in [-0.15, -0.1) is 0 Å². The number of carboxylic acid groups (broad SMARTS) is 2. The largest absolute Gasteiger partial charge is 1.00 e. The first-order valence-corrected chi connectivity index (χ1v) is 12.4. The molecule has 10 heteroatoms. The smallest absolute Gasteiger partial charge is 1.00 e. The Bertz CT molecular complexity index is 85.8. The van der Waals surface area contributed by atoms with Crippen molar-refractivity contribution in [1.82, 2.24) is 0 Å². The van der Waals surface area contributed by atoms with E-state index in [0.717, 1.165) is 0 Å². The van der Waals surface area contributed by atoms with Gasteiger partial charge >= 0.3 is 109 Å². The van der Waals surface area contributed by atoms with Gasteiger partial charge in [-0.3, -0.25) is 0 Å². The number of halogens is 4. The van der Waals surface area contributed by atoms with Crippen molar-refractivity contribution in [3.8, 4) is 0 Å². The molecule has 0 amide bonds. The molecule has 0 aromatic heterocycles. The van der Waals surface area contributed by atoms with Crippen LogP contribution in [0.15, 0.2) is 0 Å². The molecule has 0 aliphatic carbocycles. The summed E-state index contributed by atoms with van der Waals surface area (Å²) in [6.07, 6.45) is -2.33. The van der Waals surface area contributed by atoms with Crippen LogP contribution in [0, 0.1) is 0 Å². The predicted octanol–water partition coefficient (Wildman–Crippen LogP) is -5.68. The standard InChI is InChI=1S/CH2O3.4ClH.2Na.Pt/c2-1(3)4;;;;;;;/h(H2,2,3,4);4*1H;;;/q;;;;;2*+1;+4/p-6. The van der Waals surface area contributed by atoms with Gasteiger partial charge in [-0.2, -0.15) is 0 Å². The summed E-state index contributed by atoms with van der Waals surface area (Å²) >= 11 is -3.06. The van der Waals surface area contributed by atoms with Crippen molar-refractivity contribution in [3.05, 3.63) is 0 Å². The molecule has 0 spiro atoms. The van der Waals surface area contributed by atoms with Crippen LogP contribution in [0.25, 0.3) is 0 Å². The first-order chi connectivity index (χ1) is 3.73. The minimum atomic E-state index is -3.06. The quantitative estimate of drug-likeness (QED) is 0.351. The summed E-state index contributed by atoms with van der Waals surface area (Å²) in [5, 5.41) is 16.7. The Morgan fingerprint density at radius 1 is 1.00 bits per heavy atom. The van der Waals surface area contributed by atoms with E-state index in [2.05, 4.69) is 0 Å². The topological polar surface area (TPSA) is 63.2 Å². The zero-order valence-electron chi connectivity index (χ0n) is 5.55. The second-order valence-electron chi connectivity index (χ2n) is 0.521. The Morgan fingerprint density at radius 3 is 1.00 bits per heavy atom. The molecule has 3 nitrogen and oxygen atoms in total. The van der Waals surface area contributed by atoms with Crippen LogP contribution in [-0.2, 0) is 11.9 Å². The summed E-state index contributed by atoms with van der Waals surface area (Å²) in [4.78, 5) is 8.33. The van der Waals surface area contributed by atoms with Crippen molar-refractivity contribution in [2.45, 2.75) is 0 Å². The van der Waals surface area contributed by atoms with Gasteiger partial charge in [-0.1, -0.05) is 0 Å². The minimum absolute atomic E-state index is 0. The van der Waals surface area contributed by atoms with E-state index in [4.69, 9.17) is 52.7 Å². The van der Waals surface area contributed by atoms with Crippen LogP contribution in [0.2, 0.25) is 0 Å². The molecule has 0 atom stereocenters. The Labute approximate surface area is 127 Å². The Morgan fingerprint density at radius 2 is 1.00 bits per heavy atom. The SMILES string of the molecule is O=C([O-])[O-].[Cl][Pt]([Cl])([Cl])[Cl].[Na+].[Na+]. The summed E-state index contributed by atoms with van der Waals surface area (Å²) in [5.41, 5.74) is 0. The summed E-state index contributed by atoms with van der Waals surface area (Å²) in [5.74, 6) is 0. The zero-order chi connectivity index (χ0) is 8.08. The molecule has 0 rings (SSSR count). The molecule has 0 N–H and O–H groups in total. The van der Waals surface area contributed by atoms with E-state index in [-0.39, 0.29) is 59.1 Å². The molecule has 0 bridgehead atoms. The van der Waals surface area contributed by atoms with Gasteiger partial charge in [-0.05, 0) is 6.16 Å². The van der Waals surface area contributed by atoms with Gasteiger partial charge in [0.15, 0.2) is 0 Å². The summed E-state index contributed by atoms with van der Waals surface area (Å²) in [7, 11) is 20.0. The molecule has 11 heavy (non-hydrogen) atoms. The van der Waals surface area contributed by atoms with Crippen molar-refractivity contribution in [3.63, 3.8) is 0 Å². The Balaban J connectivity index is -0.0000000383. The molecular formula is CCl4Na2O3Pt. The second-order valence-corrected chi connectivity index (χ2v) is 20.2. The number of carbonyl (C=O) groups is 1. The van der Waals surface area contributed by atoms with Gasteiger partial charge in [0.1, 0.15) is 0 Å². The van der Waals surface area contributed by atoms with Crippen LogP contribution in [0.3, 0.4) is 0 Å². The molecule has 0 aromatic rings. The predicted molar refractivity (Wildman–Crippen MR) is 28.8 cm³/mol. The third kappa shape index (κ3) is 167. The van der Waals surface area contributed by atoms with Crippen molar-refractivity contribution in [2.24, 2.45) is 0 Å². The molecule has 0 fully saturated rings. The minimum Gasteiger partial charge on any atom is 1.00 e. The van der Waals surface area contributed by atoms with Gasteiger partial charge < -0.3 is 15.0 Å². The summed E-state index contributed by atoms with van der Waals surface area (Å²) < 4.78 is 0. The van der Waals surface area contributed by atoms with E-state index < -0.39 is 18.1 Å². The van der Waals surface area contributed by atoms with Crippen LogP contribution in [0.1, 0.15) is 0 Å². The molecule has 0 radical (unpaired) electrons. The van der Waals surface area contributed by atoms with Crippen molar-refractivity contribution in [2.75, 3.05) is 0 Å². The zero-order valence-corrected chi connectivity index (χ0v) is 14.8. The molecule has 62 valence electrons. The van der Waals surface area contributed by atoms with Crippen molar-refractivity contribution < 1.29 is 86.0 Å². The summed E-state index contributed by atoms with van der Waals surface area (Å²) in [6.45, 7) is 0.